The van der Waals surface area contributed by atoms with Gasteiger partial charge in [-0.05, 0) is 45.1 Å². The minimum atomic E-state index is -3.80. The summed E-state index contributed by atoms with van der Waals surface area (Å²) in [6.07, 6.45) is 0. The van der Waals surface area contributed by atoms with E-state index in [4.69, 9.17) is 0 Å². The number of rotatable bonds is 9. The fourth-order valence-corrected chi connectivity index (χ4v) is 6.31. The number of fused-ring (bicyclic) bond motifs is 1. The fourth-order valence-electron chi connectivity index (χ4n) is 4.58. The van der Waals surface area contributed by atoms with Gasteiger partial charge in [0.05, 0.1) is 0 Å². The second-order valence-corrected chi connectivity index (χ2v) is 10.9. The summed E-state index contributed by atoms with van der Waals surface area (Å²) < 4.78 is 32.7. The van der Waals surface area contributed by atoms with Crippen LogP contribution >= 0.6 is 12.4 Å². The highest BCUT2D eigenvalue weighted by molar-refractivity contribution is 7.89. The van der Waals surface area contributed by atoms with Crippen LogP contribution in [0.15, 0.2) is 90.0 Å². The topological polar surface area (TPSA) is 54.3 Å². The number of hydrogen-bond donors (Lipinski definition) is 1. The second-order valence-electron chi connectivity index (χ2n) is 9.22. The van der Waals surface area contributed by atoms with Gasteiger partial charge in [-0.25, -0.2) is 13.1 Å². The molecule has 0 aliphatic rings. The van der Waals surface area contributed by atoms with Crippen LogP contribution in [0.4, 0.5) is 0 Å². The van der Waals surface area contributed by atoms with Gasteiger partial charge in [-0.15, -0.1) is 12.4 Å². The van der Waals surface area contributed by atoms with E-state index in [1.807, 2.05) is 93.2 Å². The number of nitrogens with zero attached hydrogens (tertiary/aromatic N) is 2. The molecule has 1 N–H and O–H groups in total. The maximum atomic E-state index is 13.9. The number of halogens is 1. The molecule has 1 heterocycles. The Labute approximate surface area is 215 Å². The van der Waals surface area contributed by atoms with Crippen LogP contribution in [0.25, 0.3) is 10.9 Å². The van der Waals surface area contributed by atoms with Crippen LogP contribution in [0.1, 0.15) is 36.5 Å². The predicted molar refractivity (Wildman–Crippen MR) is 147 cm³/mol. The van der Waals surface area contributed by atoms with Gasteiger partial charge in [0, 0.05) is 41.5 Å². The zero-order valence-corrected chi connectivity index (χ0v) is 22.3. The Balaban J connectivity index is 0.00000342. The van der Waals surface area contributed by atoms with E-state index in [1.54, 1.807) is 0 Å². The SMILES string of the molecule is CC(C)NS(=O)(=O)c1c(C(c2ccccc2)c2ccccc2)c2ccccc2n1CCN(C)C.Cl. The van der Waals surface area contributed by atoms with Gasteiger partial charge in [-0.2, -0.15) is 0 Å². The average molecular weight is 512 g/mol. The minimum absolute atomic E-state index is 0. The molecule has 0 unspecified atom stereocenters. The molecule has 0 bridgehead atoms. The first kappa shape index (κ1) is 27.0. The first-order valence-electron chi connectivity index (χ1n) is 11.7. The molecule has 0 radical (unpaired) electrons. The number of aromatic nitrogens is 1. The smallest absolute Gasteiger partial charge is 0.256 e. The lowest BCUT2D eigenvalue weighted by Crippen LogP contribution is -2.33. The van der Waals surface area contributed by atoms with Crippen molar-refractivity contribution in [2.24, 2.45) is 0 Å². The third-order valence-corrected chi connectivity index (χ3v) is 7.66. The van der Waals surface area contributed by atoms with Gasteiger partial charge >= 0.3 is 0 Å². The van der Waals surface area contributed by atoms with Crippen molar-refractivity contribution in [3.63, 3.8) is 0 Å². The summed E-state index contributed by atoms with van der Waals surface area (Å²) in [4.78, 5) is 2.08. The van der Waals surface area contributed by atoms with Crippen LogP contribution in [0.3, 0.4) is 0 Å². The number of benzene rings is 3. The molecule has 5 nitrogen and oxygen atoms in total. The number of hydrogen-bond acceptors (Lipinski definition) is 3. The quantitative estimate of drug-likeness (QED) is 0.323. The van der Waals surface area contributed by atoms with Gasteiger partial charge in [0.1, 0.15) is 0 Å². The molecule has 4 rings (SSSR count). The first-order chi connectivity index (χ1) is 16.3. The van der Waals surface area contributed by atoms with Crippen molar-refractivity contribution < 1.29 is 8.42 Å². The Bertz CT molecular complexity index is 1310. The van der Waals surface area contributed by atoms with E-state index in [2.05, 4.69) is 33.9 Å². The van der Waals surface area contributed by atoms with E-state index in [1.165, 1.54) is 0 Å². The van der Waals surface area contributed by atoms with Crippen LogP contribution in [0.2, 0.25) is 0 Å². The minimum Gasteiger partial charge on any atom is -0.329 e. The van der Waals surface area contributed by atoms with E-state index in [9.17, 15) is 8.42 Å². The van der Waals surface area contributed by atoms with Crippen molar-refractivity contribution in [3.05, 3.63) is 102 Å². The molecule has 4 aromatic rings. The molecule has 0 aliphatic heterocycles. The van der Waals surface area contributed by atoms with Gasteiger partial charge in [0.2, 0.25) is 0 Å². The van der Waals surface area contributed by atoms with Crippen molar-refractivity contribution in [3.8, 4) is 0 Å². The van der Waals surface area contributed by atoms with E-state index in [0.717, 1.165) is 34.1 Å². The zero-order valence-electron chi connectivity index (χ0n) is 20.7. The highest BCUT2D eigenvalue weighted by Gasteiger charge is 2.33. The first-order valence-corrected chi connectivity index (χ1v) is 13.2. The molecule has 186 valence electrons. The molecule has 0 saturated heterocycles. The lowest BCUT2D eigenvalue weighted by Gasteiger charge is -2.22. The standard InChI is InChI=1S/C28H33N3O2S.ClH/c1-21(2)29-34(32,33)28-27(24-17-11-12-18-25(24)31(28)20-19-30(3)4)26(22-13-7-5-8-14-22)23-15-9-6-10-16-23;/h5-18,21,26,29H,19-20H2,1-4H3;1H. The summed E-state index contributed by atoms with van der Waals surface area (Å²) in [7, 11) is 0.211. The highest BCUT2D eigenvalue weighted by Crippen LogP contribution is 2.41. The van der Waals surface area contributed by atoms with Crippen LogP contribution in [-0.2, 0) is 16.6 Å². The summed E-state index contributed by atoms with van der Waals surface area (Å²) in [5.41, 5.74) is 3.87. The van der Waals surface area contributed by atoms with Gasteiger partial charge < -0.3 is 9.47 Å². The van der Waals surface area contributed by atoms with Gasteiger partial charge in [0.15, 0.2) is 5.03 Å². The molecular weight excluding hydrogens is 478 g/mol. The molecular formula is C28H34ClN3O2S. The van der Waals surface area contributed by atoms with E-state index >= 15 is 0 Å². The number of nitrogens with one attached hydrogen (secondary N) is 1. The second kappa shape index (κ2) is 11.4. The predicted octanol–water partition coefficient (Wildman–Crippen LogP) is 5.49. The summed E-state index contributed by atoms with van der Waals surface area (Å²) in [5.74, 6) is -0.230. The fraction of sp³-hybridized carbons (Fsp3) is 0.286. The van der Waals surface area contributed by atoms with Gasteiger partial charge in [0.25, 0.3) is 10.0 Å². The van der Waals surface area contributed by atoms with Crippen LogP contribution in [0.5, 0.6) is 0 Å². The normalized spacial score (nSPS) is 12.0. The van der Waals surface area contributed by atoms with Crippen molar-refractivity contribution in [1.82, 2.24) is 14.2 Å². The van der Waals surface area contributed by atoms with Crippen molar-refractivity contribution in [2.75, 3.05) is 20.6 Å². The maximum absolute atomic E-state index is 13.9. The largest absolute Gasteiger partial charge is 0.329 e. The molecule has 0 saturated carbocycles. The Morgan fingerprint density at radius 3 is 1.86 bits per heavy atom. The summed E-state index contributed by atoms with van der Waals surface area (Å²) in [6, 6.07) is 28.2. The Morgan fingerprint density at radius 1 is 0.829 bits per heavy atom. The van der Waals surface area contributed by atoms with Crippen LogP contribution < -0.4 is 4.72 Å². The lowest BCUT2D eigenvalue weighted by atomic mass is 9.85. The maximum Gasteiger partial charge on any atom is 0.256 e. The Hall–Kier alpha value is -2.64. The molecule has 7 heteroatoms. The van der Waals surface area contributed by atoms with Crippen LogP contribution in [-0.4, -0.2) is 44.6 Å². The van der Waals surface area contributed by atoms with Crippen molar-refractivity contribution in [1.29, 1.82) is 0 Å². The number of likely N-dealkylation sites (N-methyl/N-ethyl adjacent to an activating group) is 1. The zero-order chi connectivity index (χ0) is 24.3. The summed E-state index contributed by atoms with van der Waals surface area (Å²) >= 11 is 0. The van der Waals surface area contributed by atoms with Gasteiger partial charge in [-0.1, -0.05) is 78.9 Å². The summed E-state index contributed by atoms with van der Waals surface area (Å²) in [6.45, 7) is 5.01. The Morgan fingerprint density at radius 2 is 1.34 bits per heavy atom. The van der Waals surface area contributed by atoms with E-state index in [0.29, 0.717) is 11.6 Å². The molecule has 3 aromatic carbocycles. The van der Waals surface area contributed by atoms with Crippen molar-refractivity contribution in [2.45, 2.75) is 37.4 Å². The molecule has 0 fully saturated rings. The van der Waals surface area contributed by atoms with Gasteiger partial charge in [-0.3, -0.25) is 0 Å². The molecule has 0 aliphatic carbocycles. The lowest BCUT2D eigenvalue weighted by molar-refractivity contribution is 0.379. The van der Waals surface area contributed by atoms with Crippen LogP contribution in [0, 0.1) is 0 Å². The molecule has 35 heavy (non-hydrogen) atoms. The number of sulfonamides is 1. The average Bonchev–Trinajstić information content (AvgIpc) is 3.14. The molecule has 0 spiro atoms. The van der Waals surface area contributed by atoms with Crippen molar-refractivity contribution >= 4 is 33.3 Å². The highest BCUT2D eigenvalue weighted by atomic mass is 35.5. The molecule has 0 atom stereocenters. The third kappa shape index (κ3) is 5.78. The Kier molecular flexibility index (Phi) is 8.78. The third-order valence-electron chi connectivity index (χ3n) is 5.93. The van der Waals surface area contributed by atoms with E-state index < -0.39 is 10.0 Å². The summed E-state index contributed by atoms with van der Waals surface area (Å²) in [5, 5.41) is 1.31. The molecule has 1 aromatic heterocycles. The van der Waals surface area contributed by atoms with E-state index in [-0.39, 0.29) is 24.4 Å². The number of para-hydroxylation sites is 1. The molecule has 0 amide bonds. The monoisotopic (exact) mass is 511 g/mol.